The molecule has 0 aliphatic heterocycles. The Bertz CT molecular complexity index is 918. The summed E-state index contributed by atoms with van der Waals surface area (Å²) in [6.07, 6.45) is 0.717. The Morgan fingerprint density at radius 2 is 1.69 bits per heavy atom. The van der Waals surface area contributed by atoms with Gasteiger partial charge in [0, 0.05) is 5.69 Å². The number of benzene rings is 2. The van der Waals surface area contributed by atoms with Crippen LogP contribution in [-0.2, 0) is 14.8 Å². The zero-order valence-electron chi connectivity index (χ0n) is 13.8. The summed E-state index contributed by atoms with van der Waals surface area (Å²) in [7, 11) is -2.68. The molecule has 0 saturated heterocycles. The number of ether oxygens (including phenoxy) is 1. The van der Waals surface area contributed by atoms with Gasteiger partial charge in [-0.05, 0) is 36.4 Å². The molecule has 2 rings (SSSR count). The minimum absolute atomic E-state index is 0.343. The maximum atomic E-state index is 13.9. The summed E-state index contributed by atoms with van der Waals surface area (Å²) in [5.74, 6) is -5.25. The van der Waals surface area contributed by atoms with Crippen molar-refractivity contribution in [2.75, 3.05) is 29.5 Å². The molecular weight excluding hydrogens is 373 g/mol. The van der Waals surface area contributed by atoms with E-state index >= 15 is 0 Å². The van der Waals surface area contributed by atoms with Crippen molar-refractivity contribution in [3.8, 4) is 5.75 Å². The van der Waals surface area contributed by atoms with Crippen LogP contribution in [0.15, 0.2) is 36.4 Å². The highest BCUT2D eigenvalue weighted by Gasteiger charge is 2.26. The van der Waals surface area contributed by atoms with Gasteiger partial charge in [0.15, 0.2) is 17.5 Å². The van der Waals surface area contributed by atoms with E-state index in [0.717, 1.165) is 6.07 Å². The van der Waals surface area contributed by atoms with Crippen LogP contribution in [0.4, 0.5) is 24.5 Å². The number of carbonyl (C=O) groups is 1. The Morgan fingerprint density at radius 1 is 1.08 bits per heavy atom. The zero-order chi connectivity index (χ0) is 19.5. The molecule has 0 aliphatic carbocycles. The molecule has 0 aromatic heterocycles. The molecule has 2 aromatic rings. The van der Waals surface area contributed by atoms with E-state index in [1.807, 2.05) is 0 Å². The maximum Gasteiger partial charge on any atom is 0.245 e. The van der Waals surface area contributed by atoms with Gasteiger partial charge in [-0.3, -0.25) is 9.10 Å². The first-order chi connectivity index (χ1) is 12.1. The van der Waals surface area contributed by atoms with Gasteiger partial charge < -0.3 is 10.1 Å². The number of carbonyl (C=O) groups excluding carboxylic acids is 1. The van der Waals surface area contributed by atoms with Gasteiger partial charge in [0.2, 0.25) is 15.9 Å². The average Bonchev–Trinajstić information content (AvgIpc) is 2.58. The Kier molecular flexibility index (Phi) is 5.76. The molecule has 0 unspecified atom stereocenters. The van der Waals surface area contributed by atoms with Crippen LogP contribution in [0.1, 0.15) is 0 Å². The van der Waals surface area contributed by atoms with Crippen LogP contribution in [0.5, 0.6) is 5.75 Å². The summed E-state index contributed by atoms with van der Waals surface area (Å²) in [5, 5.41) is 2.42. The smallest absolute Gasteiger partial charge is 0.245 e. The van der Waals surface area contributed by atoms with Crippen LogP contribution in [0, 0.1) is 17.5 Å². The van der Waals surface area contributed by atoms with E-state index < -0.39 is 45.6 Å². The molecule has 0 atom stereocenters. The van der Waals surface area contributed by atoms with Gasteiger partial charge in [-0.15, -0.1) is 0 Å². The van der Waals surface area contributed by atoms with E-state index in [0.29, 0.717) is 28.1 Å². The third-order valence-corrected chi connectivity index (χ3v) is 4.47. The minimum atomic E-state index is -4.14. The molecule has 0 radical (unpaired) electrons. The first-order valence-corrected chi connectivity index (χ1v) is 9.03. The fourth-order valence-corrected chi connectivity index (χ4v) is 2.94. The standard InChI is InChI=1S/C16H15F3N2O4S/c1-25-11-5-3-10(4-6-11)20-14(22)9-21(26(2,23)24)13-8-7-12(17)15(18)16(13)19/h3-8H,9H2,1-2H3,(H,20,22). The number of sulfonamides is 1. The molecule has 140 valence electrons. The fraction of sp³-hybridized carbons (Fsp3) is 0.188. The number of nitrogens with one attached hydrogen (secondary N) is 1. The molecule has 0 saturated carbocycles. The topological polar surface area (TPSA) is 75.7 Å². The van der Waals surface area contributed by atoms with Gasteiger partial charge in [-0.2, -0.15) is 0 Å². The fourth-order valence-electron chi connectivity index (χ4n) is 2.09. The molecular formula is C16H15F3N2O4S. The van der Waals surface area contributed by atoms with E-state index in [1.165, 1.54) is 19.2 Å². The van der Waals surface area contributed by atoms with Crippen molar-refractivity contribution >= 4 is 27.3 Å². The van der Waals surface area contributed by atoms with E-state index in [1.54, 1.807) is 12.1 Å². The van der Waals surface area contributed by atoms with Gasteiger partial charge in [-0.1, -0.05) is 0 Å². The van der Waals surface area contributed by atoms with Crippen LogP contribution in [-0.4, -0.2) is 34.2 Å². The van der Waals surface area contributed by atoms with Gasteiger partial charge in [0.1, 0.15) is 12.3 Å². The lowest BCUT2D eigenvalue weighted by molar-refractivity contribution is -0.114. The van der Waals surface area contributed by atoms with E-state index in [4.69, 9.17) is 4.74 Å². The largest absolute Gasteiger partial charge is 0.497 e. The Balaban J connectivity index is 2.26. The van der Waals surface area contributed by atoms with Crippen molar-refractivity contribution in [3.63, 3.8) is 0 Å². The lowest BCUT2D eigenvalue weighted by Gasteiger charge is -2.22. The van der Waals surface area contributed by atoms with E-state index in [9.17, 15) is 26.4 Å². The molecule has 26 heavy (non-hydrogen) atoms. The van der Waals surface area contributed by atoms with Gasteiger partial charge in [-0.25, -0.2) is 21.6 Å². The normalized spacial score (nSPS) is 11.1. The van der Waals surface area contributed by atoms with Crippen LogP contribution in [0.2, 0.25) is 0 Å². The summed E-state index contributed by atoms with van der Waals surface area (Å²) >= 11 is 0. The summed E-state index contributed by atoms with van der Waals surface area (Å²) in [4.78, 5) is 12.1. The number of anilines is 2. The number of nitrogens with zero attached hydrogens (tertiary/aromatic N) is 1. The summed E-state index contributed by atoms with van der Waals surface area (Å²) in [6, 6.07) is 7.49. The van der Waals surface area contributed by atoms with Crippen molar-refractivity contribution in [1.29, 1.82) is 0 Å². The van der Waals surface area contributed by atoms with Crippen LogP contribution < -0.4 is 14.4 Å². The first kappa shape index (κ1) is 19.6. The van der Waals surface area contributed by atoms with E-state index in [-0.39, 0.29) is 0 Å². The summed E-state index contributed by atoms with van der Waals surface area (Å²) < 4.78 is 69.5. The van der Waals surface area contributed by atoms with Crippen molar-refractivity contribution in [1.82, 2.24) is 0 Å². The molecule has 0 aliphatic rings. The number of hydrogen-bond donors (Lipinski definition) is 1. The number of hydrogen-bond acceptors (Lipinski definition) is 4. The van der Waals surface area contributed by atoms with Crippen molar-refractivity contribution < 1.29 is 31.1 Å². The Morgan fingerprint density at radius 3 is 2.23 bits per heavy atom. The lowest BCUT2D eigenvalue weighted by atomic mass is 10.2. The van der Waals surface area contributed by atoms with Gasteiger partial charge in [0.05, 0.1) is 19.1 Å². The Hall–Kier alpha value is -2.75. The van der Waals surface area contributed by atoms with Crippen LogP contribution in [0.25, 0.3) is 0 Å². The first-order valence-electron chi connectivity index (χ1n) is 7.18. The number of amides is 1. The molecule has 1 N–H and O–H groups in total. The number of methoxy groups -OCH3 is 1. The monoisotopic (exact) mass is 388 g/mol. The average molecular weight is 388 g/mol. The molecule has 0 bridgehead atoms. The molecule has 1 amide bonds. The van der Waals surface area contributed by atoms with E-state index in [2.05, 4.69) is 5.32 Å². The predicted molar refractivity (Wildman–Crippen MR) is 90.1 cm³/mol. The quantitative estimate of drug-likeness (QED) is 0.772. The van der Waals surface area contributed by atoms with Crippen molar-refractivity contribution in [3.05, 3.63) is 53.8 Å². The van der Waals surface area contributed by atoms with Crippen LogP contribution >= 0.6 is 0 Å². The van der Waals surface area contributed by atoms with Gasteiger partial charge >= 0.3 is 0 Å². The predicted octanol–water partition coefficient (Wildman–Crippen LogP) is 2.52. The summed E-state index contributed by atoms with van der Waals surface area (Å²) in [6.45, 7) is -0.827. The molecule has 0 heterocycles. The molecule has 10 heteroatoms. The highest BCUT2D eigenvalue weighted by Crippen LogP contribution is 2.25. The molecule has 0 spiro atoms. The SMILES string of the molecule is COc1ccc(NC(=O)CN(c2ccc(F)c(F)c2F)S(C)(=O)=O)cc1. The molecule has 2 aromatic carbocycles. The lowest BCUT2D eigenvalue weighted by Crippen LogP contribution is -2.38. The summed E-state index contributed by atoms with van der Waals surface area (Å²) in [5.41, 5.74) is -0.425. The van der Waals surface area contributed by atoms with Crippen LogP contribution in [0.3, 0.4) is 0 Å². The zero-order valence-corrected chi connectivity index (χ0v) is 14.6. The molecule has 6 nitrogen and oxygen atoms in total. The second-order valence-corrected chi connectivity index (χ2v) is 7.15. The third-order valence-electron chi connectivity index (χ3n) is 3.34. The second-order valence-electron chi connectivity index (χ2n) is 5.24. The highest BCUT2D eigenvalue weighted by molar-refractivity contribution is 7.92. The van der Waals surface area contributed by atoms with Crippen molar-refractivity contribution in [2.24, 2.45) is 0 Å². The minimum Gasteiger partial charge on any atom is -0.497 e. The van der Waals surface area contributed by atoms with Crippen molar-refractivity contribution in [2.45, 2.75) is 0 Å². The Labute approximate surface area is 148 Å². The second kappa shape index (κ2) is 7.65. The number of rotatable bonds is 6. The number of halogens is 3. The molecule has 0 fully saturated rings. The highest BCUT2D eigenvalue weighted by atomic mass is 32.2. The third kappa shape index (κ3) is 4.45. The maximum absolute atomic E-state index is 13.9. The van der Waals surface area contributed by atoms with Gasteiger partial charge in [0.25, 0.3) is 0 Å².